The van der Waals surface area contributed by atoms with Crippen molar-refractivity contribution in [1.82, 2.24) is 4.98 Å². The second-order valence-electron chi connectivity index (χ2n) is 4.60. The van der Waals surface area contributed by atoms with Crippen LogP contribution in [0.5, 0.6) is 0 Å². The van der Waals surface area contributed by atoms with E-state index in [0.717, 1.165) is 11.6 Å². The number of carbonyl (C=O) groups excluding carboxylic acids is 1. The maximum absolute atomic E-state index is 13.6. The lowest BCUT2D eigenvalue weighted by Gasteiger charge is -2.01. The Balaban J connectivity index is 2.19. The van der Waals surface area contributed by atoms with E-state index in [1.165, 1.54) is 25.3 Å². The molecule has 3 rings (SSSR count). The number of aromatic amines is 1. The fourth-order valence-electron chi connectivity index (χ4n) is 2.27. The van der Waals surface area contributed by atoms with Gasteiger partial charge >= 0.3 is 5.97 Å². The third-order valence-electron chi connectivity index (χ3n) is 3.26. The zero-order chi connectivity index (χ0) is 15.0. The van der Waals surface area contributed by atoms with E-state index >= 15 is 0 Å². The van der Waals surface area contributed by atoms with Gasteiger partial charge in [0.25, 0.3) is 0 Å². The third-order valence-corrected chi connectivity index (χ3v) is 3.26. The molecule has 2 aromatic carbocycles. The lowest BCUT2D eigenvalue weighted by molar-refractivity contribution is 0.0602. The summed E-state index contributed by atoms with van der Waals surface area (Å²) in [6.07, 6.45) is 0. The predicted molar refractivity (Wildman–Crippen MR) is 75.0 cm³/mol. The fourth-order valence-corrected chi connectivity index (χ4v) is 2.27. The largest absolute Gasteiger partial charge is 0.465 e. The van der Waals surface area contributed by atoms with Crippen molar-refractivity contribution < 1.29 is 18.3 Å². The van der Waals surface area contributed by atoms with E-state index in [4.69, 9.17) is 0 Å². The second-order valence-corrected chi connectivity index (χ2v) is 4.60. The van der Waals surface area contributed by atoms with Crippen LogP contribution in [0.15, 0.2) is 42.5 Å². The number of halogens is 2. The molecule has 21 heavy (non-hydrogen) atoms. The number of aromatic nitrogens is 1. The summed E-state index contributed by atoms with van der Waals surface area (Å²) in [5.41, 5.74) is 2.04. The molecule has 0 saturated heterocycles. The molecule has 0 atom stereocenters. The average molecular weight is 287 g/mol. The molecule has 0 fully saturated rings. The average Bonchev–Trinajstić information content (AvgIpc) is 2.89. The molecule has 0 spiro atoms. The monoisotopic (exact) mass is 287 g/mol. The zero-order valence-corrected chi connectivity index (χ0v) is 11.1. The first-order valence-corrected chi connectivity index (χ1v) is 6.25. The minimum absolute atomic E-state index is 0.150. The maximum Gasteiger partial charge on any atom is 0.338 e. The summed E-state index contributed by atoms with van der Waals surface area (Å²) in [4.78, 5) is 14.7. The van der Waals surface area contributed by atoms with Crippen molar-refractivity contribution in [3.05, 3.63) is 59.7 Å². The molecule has 0 saturated carbocycles. The number of H-pyrrole nitrogens is 1. The van der Waals surface area contributed by atoms with Crippen molar-refractivity contribution in [2.75, 3.05) is 7.11 Å². The summed E-state index contributed by atoms with van der Waals surface area (Å²) in [7, 11) is 1.24. The number of hydrogen-bond acceptors (Lipinski definition) is 2. The lowest BCUT2D eigenvalue weighted by Crippen LogP contribution is -2.02. The van der Waals surface area contributed by atoms with Crippen LogP contribution in [0.1, 0.15) is 10.4 Å². The summed E-state index contributed by atoms with van der Waals surface area (Å²) in [5, 5.41) is 0.558. The van der Waals surface area contributed by atoms with E-state index in [1.807, 2.05) is 0 Å². The Hall–Kier alpha value is -2.69. The smallest absolute Gasteiger partial charge is 0.338 e. The number of fused-ring (bicyclic) bond motifs is 1. The van der Waals surface area contributed by atoms with Crippen molar-refractivity contribution in [2.45, 2.75) is 0 Å². The van der Waals surface area contributed by atoms with Gasteiger partial charge in [0.2, 0.25) is 0 Å². The first kappa shape index (κ1) is 13.3. The molecule has 0 amide bonds. The highest BCUT2D eigenvalue weighted by molar-refractivity contribution is 6.05. The maximum atomic E-state index is 13.6. The van der Waals surface area contributed by atoms with Gasteiger partial charge in [0.15, 0.2) is 0 Å². The second kappa shape index (κ2) is 5.01. The number of nitrogens with one attached hydrogen (secondary N) is 1. The van der Waals surface area contributed by atoms with Crippen LogP contribution in [0.3, 0.4) is 0 Å². The van der Waals surface area contributed by atoms with Gasteiger partial charge < -0.3 is 9.72 Å². The molecule has 0 aliphatic carbocycles. The Bertz CT molecular complexity index is 822. The van der Waals surface area contributed by atoms with E-state index in [-0.39, 0.29) is 11.4 Å². The Morgan fingerprint density at radius 1 is 1.05 bits per heavy atom. The van der Waals surface area contributed by atoms with Crippen LogP contribution >= 0.6 is 0 Å². The summed E-state index contributed by atoms with van der Waals surface area (Å²) >= 11 is 0. The molecule has 0 aliphatic heterocycles. The van der Waals surface area contributed by atoms with Gasteiger partial charge in [0.1, 0.15) is 11.6 Å². The van der Waals surface area contributed by atoms with Gasteiger partial charge in [0.05, 0.1) is 12.7 Å². The van der Waals surface area contributed by atoms with E-state index in [2.05, 4.69) is 9.72 Å². The first-order valence-electron chi connectivity index (χ1n) is 6.25. The molecule has 106 valence electrons. The quantitative estimate of drug-likeness (QED) is 0.726. The predicted octanol–water partition coefficient (Wildman–Crippen LogP) is 3.90. The van der Waals surface area contributed by atoms with E-state index in [9.17, 15) is 13.6 Å². The molecule has 0 aliphatic rings. The number of carbonyl (C=O) groups is 1. The van der Waals surface area contributed by atoms with Crippen LogP contribution < -0.4 is 0 Å². The molecular formula is C16H11F2NO2. The Morgan fingerprint density at radius 3 is 2.43 bits per heavy atom. The molecular weight excluding hydrogens is 276 g/mol. The van der Waals surface area contributed by atoms with Gasteiger partial charge in [0, 0.05) is 16.6 Å². The van der Waals surface area contributed by atoms with E-state index < -0.39 is 11.8 Å². The van der Waals surface area contributed by atoms with Crippen LogP contribution in [0.4, 0.5) is 8.78 Å². The SMILES string of the molecule is COC(=O)c1cc(F)cc2[nH]c(-c3ccc(F)cc3)cc12. The molecule has 3 aromatic rings. The van der Waals surface area contributed by atoms with Crippen LogP contribution in [0.25, 0.3) is 22.2 Å². The molecule has 1 heterocycles. The fraction of sp³-hybridized carbons (Fsp3) is 0.0625. The Labute approximate surface area is 119 Å². The van der Waals surface area contributed by atoms with Gasteiger partial charge in [-0.3, -0.25) is 0 Å². The Morgan fingerprint density at radius 2 is 1.76 bits per heavy atom. The topological polar surface area (TPSA) is 42.1 Å². The summed E-state index contributed by atoms with van der Waals surface area (Å²) in [5.74, 6) is -1.48. The number of ether oxygens (including phenoxy) is 1. The third kappa shape index (κ3) is 2.38. The van der Waals surface area contributed by atoms with Crippen LogP contribution in [-0.4, -0.2) is 18.1 Å². The molecule has 5 heteroatoms. The zero-order valence-electron chi connectivity index (χ0n) is 11.1. The molecule has 0 unspecified atom stereocenters. The minimum atomic E-state index is -0.607. The van der Waals surface area contributed by atoms with E-state index in [0.29, 0.717) is 16.6 Å². The van der Waals surface area contributed by atoms with Gasteiger partial charge in [-0.2, -0.15) is 0 Å². The van der Waals surface area contributed by atoms with Crippen LogP contribution in [-0.2, 0) is 4.74 Å². The number of esters is 1. The van der Waals surface area contributed by atoms with Crippen LogP contribution in [0.2, 0.25) is 0 Å². The van der Waals surface area contributed by atoms with Crippen molar-refractivity contribution in [3.8, 4) is 11.3 Å². The van der Waals surface area contributed by atoms with Gasteiger partial charge in [-0.15, -0.1) is 0 Å². The van der Waals surface area contributed by atoms with Crippen molar-refractivity contribution in [1.29, 1.82) is 0 Å². The van der Waals surface area contributed by atoms with Crippen LogP contribution in [0, 0.1) is 11.6 Å². The summed E-state index contributed by atoms with van der Waals surface area (Å²) in [6, 6.07) is 10.0. The number of rotatable bonds is 2. The number of hydrogen-bond donors (Lipinski definition) is 1. The van der Waals surface area contributed by atoms with Crippen molar-refractivity contribution >= 4 is 16.9 Å². The van der Waals surface area contributed by atoms with Crippen molar-refractivity contribution in [3.63, 3.8) is 0 Å². The van der Waals surface area contributed by atoms with Gasteiger partial charge in [-0.1, -0.05) is 0 Å². The molecule has 1 aromatic heterocycles. The summed E-state index contributed by atoms with van der Waals surface area (Å²) < 4.78 is 31.2. The molecule has 3 nitrogen and oxygen atoms in total. The molecule has 0 radical (unpaired) electrons. The normalized spacial score (nSPS) is 10.8. The Kier molecular flexibility index (Phi) is 3.17. The minimum Gasteiger partial charge on any atom is -0.465 e. The van der Waals surface area contributed by atoms with Crippen molar-refractivity contribution in [2.24, 2.45) is 0 Å². The number of benzene rings is 2. The first-order chi connectivity index (χ1) is 10.1. The summed E-state index contributed by atoms with van der Waals surface area (Å²) in [6.45, 7) is 0. The highest BCUT2D eigenvalue weighted by Crippen LogP contribution is 2.28. The lowest BCUT2D eigenvalue weighted by atomic mass is 10.1. The molecule has 0 bridgehead atoms. The van der Waals surface area contributed by atoms with E-state index in [1.54, 1.807) is 18.2 Å². The van der Waals surface area contributed by atoms with Gasteiger partial charge in [-0.05, 0) is 48.0 Å². The highest BCUT2D eigenvalue weighted by Gasteiger charge is 2.15. The standard InChI is InChI=1S/C16H11F2NO2/c1-21-16(20)13-6-11(18)7-15-12(13)8-14(19-15)9-2-4-10(17)5-3-9/h2-8,19H,1H3. The highest BCUT2D eigenvalue weighted by atomic mass is 19.1. The molecule has 1 N–H and O–H groups in total. The number of methoxy groups -OCH3 is 1. The van der Waals surface area contributed by atoms with Gasteiger partial charge in [-0.25, -0.2) is 13.6 Å².